The zero-order valence-electron chi connectivity index (χ0n) is 36.2. The second kappa shape index (κ2) is 23.4. The molecule has 1 spiro atoms. The highest BCUT2D eigenvalue weighted by atomic mass is 16.5. The quantitative estimate of drug-likeness (QED) is 0.189. The summed E-state index contributed by atoms with van der Waals surface area (Å²) in [4.78, 5) is 39.3. The molecule has 2 aliphatic heterocycles. The third kappa shape index (κ3) is 14.9. The van der Waals surface area contributed by atoms with E-state index < -0.39 is 0 Å². The first-order chi connectivity index (χ1) is 26.8. The minimum Gasteiger partial charge on any atom is -0.487 e. The number of aromatic nitrogens is 1. The first kappa shape index (κ1) is 46.5. The molecule has 2 aromatic carbocycles. The van der Waals surface area contributed by atoms with Crippen molar-refractivity contribution in [2.75, 3.05) is 24.5 Å². The number of amides is 2. The van der Waals surface area contributed by atoms with Crippen LogP contribution in [0.2, 0.25) is 0 Å². The number of carbonyl (C=O) groups is 2. The van der Waals surface area contributed by atoms with Crippen LogP contribution in [0.5, 0.6) is 5.75 Å². The van der Waals surface area contributed by atoms with Crippen molar-refractivity contribution >= 4 is 17.5 Å². The van der Waals surface area contributed by atoms with Gasteiger partial charge >= 0.3 is 0 Å². The molecule has 1 saturated carbocycles. The molecule has 1 unspecified atom stereocenters. The summed E-state index contributed by atoms with van der Waals surface area (Å²) in [5.41, 5.74) is 10.8. The number of nitrogens with two attached hydrogens (primary N) is 1. The van der Waals surface area contributed by atoms with Crippen molar-refractivity contribution < 1.29 is 14.3 Å². The summed E-state index contributed by atoms with van der Waals surface area (Å²) >= 11 is 0. The van der Waals surface area contributed by atoms with Crippen LogP contribution in [0.25, 0.3) is 0 Å². The Labute approximate surface area is 339 Å². The molecule has 1 aromatic heterocycles. The smallest absolute Gasteiger partial charge is 0.274 e. The molecule has 0 bridgehead atoms. The highest BCUT2D eigenvalue weighted by Crippen LogP contribution is 2.43. The van der Waals surface area contributed by atoms with Gasteiger partial charge in [-0.3, -0.25) is 14.4 Å². The monoisotopic (exact) mass is 771 g/mol. The molecule has 2 amide bonds. The number of carbonyl (C=O) groups excluding carboxylic acids is 2. The molecule has 0 radical (unpaired) electrons. The second-order valence-electron chi connectivity index (χ2n) is 17.3. The van der Waals surface area contributed by atoms with Crippen LogP contribution in [0.15, 0.2) is 65.6 Å². The Morgan fingerprint density at radius 3 is 2.20 bits per heavy atom. The Bertz CT molecular complexity index is 1690. The molecular weight excluding hydrogens is 697 g/mol. The summed E-state index contributed by atoms with van der Waals surface area (Å²) in [6, 6.07) is 18.6. The van der Waals surface area contributed by atoms with E-state index in [4.69, 9.17) is 10.5 Å². The van der Waals surface area contributed by atoms with Crippen molar-refractivity contribution in [1.82, 2.24) is 9.88 Å². The predicted molar refractivity (Wildman–Crippen MR) is 234 cm³/mol. The Hall–Kier alpha value is -3.91. The van der Waals surface area contributed by atoms with Crippen LogP contribution in [0, 0.1) is 12.3 Å². The Morgan fingerprint density at radius 2 is 1.62 bits per heavy atom. The number of hydrogen-bond donors (Lipinski definition) is 2. The van der Waals surface area contributed by atoms with E-state index in [1.807, 2.05) is 25.1 Å². The maximum Gasteiger partial charge on any atom is 0.274 e. The zero-order valence-corrected chi connectivity index (χ0v) is 36.2. The van der Waals surface area contributed by atoms with Crippen molar-refractivity contribution in [3.63, 3.8) is 0 Å². The predicted octanol–water partition coefficient (Wildman–Crippen LogP) is 10.5. The van der Waals surface area contributed by atoms with Gasteiger partial charge in [0.1, 0.15) is 17.0 Å². The van der Waals surface area contributed by atoms with E-state index in [2.05, 4.69) is 84.1 Å². The number of unbranched alkanes of at least 4 members (excludes halogenated alkanes) is 2. The first-order valence-electron chi connectivity index (χ1n) is 21.6. The molecule has 3 aromatic rings. The highest BCUT2D eigenvalue weighted by Gasteiger charge is 2.39. The fourth-order valence-electron chi connectivity index (χ4n) is 7.57. The van der Waals surface area contributed by atoms with Gasteiger partial charge in [-0.1, -0.05) is 115 Å². The van der Waals surface area contributed by atoms with Crippen LogP contribution in [0.4, 0.5) is 5.69 Å². The average Bonchev–Trinajstić information content (AvgIpc) is 3.81. The maximum absolute atomic E-state index is 13.0. The van der Waals surface area contributed by atoms with E-state index in [-0.39, 0.29) is 29.0 Å². The molecule has 2 fully saturated rings. The van der Waals surface area contributed by atoms with Crippen LogP contribution >= 0.6 is 0 Å². The van der Waals surface area contributed by atoms with E-state index in [0.29, 0.717) is 49.1 Å². The lowest BCUT2D eigenvalue weighted by molar-refractivity contribution is -0.117. The standard InChI is InChI=1S/C20H32N4O3.C18H26O.C7H8.C3H8/c1-3-4-5-8-15(2)24-14-16(19(26)22-11-7-10-21)13-17(20(24)27)23-12-6-9-18(23)25;1-17(2,3)13-14-6-7-16-15(12-14)8-11-18(19-16)9-4-5-10-18;1-7-5-3-2-4-6-7;1-3-2/h13-15H,3-12,21H2,1-2H3,(H,22,26);6-7,12H,4-5,8-11,13H2,1-3H3;2-6H,1H3;3H2,1-2H3. The lowest BCUT2D eigenvalue weighted by atomic mass is 9.85. The third-order valence-corrected chi connectivity index (χ3v) is 10.5. The van der Waals surface area contributed by atoms with Gasteiger partial charge in [-0.15, -0.1) is 0 Å². The van der Waals surface area contributed by atoms with E-state index in [0.717, 1.165) is 44.3 Å². The summed E-state index contributed by atoms with van der Waals surface area (Å²) in [6.45, 7) is 18.9. The number of fused-ring (bicyclic) bond motifs is 1. The fourth-order valence-corrected chi connectivity index (χ4v) is 7.57. The highest BCUT2D eigenvalue weighted by molar-refractivity contribution is 5.98. The maximum atomic E-state index is 13.0. The van der Waals surface area contributed by atoms with Crippen molar-refractivity contribution in [1.29, 1.82) is 0 Å². The number of rotatable bonds is 11. The topological polar surface area (TPSA) is 107 Å². The number of pyridine rings is 1. The van der Waals surface area contributed by atoms with Crippen LogP contribution in [0.1, 0.15) is 165 Å². The molecule has 1 aliphatic carbocycles. The fraction of sp³-hybridized carbons (Fsp3) is 0.604. The molecule has 3 N–H and O–H groups in total. The van der Waals surface area contributed by atoms with E-state index >= 15 is 0 Å². The molecule has 8 nitrogen and oxygen atoms in total. The minimum absolute atomic E-state index is 0.0303. The average molecular weight is 771 g/mol. The van der Waals surface area contributed by atoms with Crippen molar-refractivity contribution in [2.45, 2.75) is 163 Å². The third-order valence-electron chi connectivity index (χ3n) is 10.5. The Balaban J connectivity index is 0.000000248. The molecule has 56 heavy (non-hydrogen) atoms. The van der Waals surface area contributed by atoms with E-state index in [9.17, 15) is 14.4 Å². The molecular formula is C48H74N4O4. The van der Waals surface area contributed by atoms with Crippen LogP contribution in [-0.2, 0) is 17.6 Å². The van der Waals surface area contributed by atoms with Gasteiger partial charge in [0.15, 0.2) is 0 Å². The van der Waals surface area contributed by atoms with Crippen molar-refractivity contribution in [3.05, 3.63) is 93.4 Å². The normalized spacial score (nSPS) is 15.9. The van der Waals surface area contributed by atoms with Gasteiger partial charge in [0.25, 0.3) is 11.5 Å². The molecule has 3 heterocycles. The summed E-state index contributed by atoms with van der Waals surface area (Å²) in [7, 11) is 0. The number of nitrogens with one attached hydrogen (secondary N) is 1. The van der Waals surface area contributed by atoms with Gasteiger partial charge in [-0.05, 0) is 113 Å². The lowest BCUT2D eigenvalue weighted by Crippen LogP contribution is -2.36. The van der Waals surface area contributed by atoms with Crippen molar-refractivity contribution in [2.24, 2.45) is 11.1 Å². The number of hydrogen-bond acceptors (Lipinski definition) is 5. The van der Waals surface area contributed by atoms with Crippen LogP contribution < -0.4 is 26.2 Å². The number of aryl methyl sites for hydroxylation is 2. The number of anilines is 1. The summed E-state index contributed by atoms with van der Waals surface area (Å²) in [5, 5.41) is 2.83. The Kier molecular flexibility index (Phi) is 19.4. The number of benzene rings is 2. The van der Waals surface area contributed by atoms with E-state index in [1.54, 1.807) is 16.8 Å². The number of nitrogens with zero attached hydrogens (tertiary/aromatic N) is 2. The Morgan fingerprint density at radius 1 is 0.929 bits per heavy atom. The van der Waals surface area contributed by atoms with Crippen LogP contribution in [-0.4, -0.2) is 41.6 Å². The summed E-state index contributed by atoms with van der Waals surface area (Å²) in [5.74, 6) is 0.856. The van der Waals surface area contributed by atoms with Gasteiger partial charge in [0.05, 0.1) is 5.56 Å². The van der Waals surface area contributed by atoms with Gasteiger partial charge in [-0.25, -0.2) is 0 Å². The SMILES string of the molecule is CC(C)(C)Cc1ccc2c(c1)CCC1(CCCC1)O2.CCC.CCCCCC(C)n1cc(C(=O)NCCCN)cc(N2CCCC2=O)c1=O.Cc1ccccc1. The van der Waals surface area contributed by atoms with Crippen LogP contribution in [0.3, 0.4) is 0 Å². The molecule has 1 saturated heterocycles. The van der Waals surface area contributed by atoms with Gasteiger partial charge in [-0.2, -0.15) is 0 Å². The number of ether oxygens (including phenoxy) is 1. The first-order valence-corrected chi connectivity index (χ1v) is 21.6. The zero-order chi connectivity index (χ0) is 41.1. The van der Waals surface area contributed by atoms with Gasteiger partial charge in [0.2, 0.25) is 5.91 Å². The lowest BCUT2D eigenvalue weighted by Gasteiger charge is -2.36. The second-order valence-corrected chi connectivity index (χ2v) is 17.3. The van der Waals surface area contributed by atoms with E-state index in [1.165, 1.54) is 66.5 Å². The summed E-state index contributed by atoms with van der Waals surface area (Å²) in [6.07, 6.45) is 17.6. The van der Waals surface area contributed by atoms with Gasteiger partial charge < -0.3 is 25.3 Å². The molecule has 8 heteroatoms. The molecule has 1 atom stereocenters. The molecule has 6 rings (SSSR count). The molecule has 310 valence electrons. The van der Waals surface area contributed by atoms with Gasteiger partial charge in [0, 0.05) is 31.7 Å². The minimum atomic E-state index is -0.245. The summed E-state index contributed by atoms with van der Waals surface area (Å²) < 4.78 is 7.98. The largest absolute Gasteiger partial charge is 0.487 e. The van der Waals surface area contributed by atoms with Crippen molar-refractivity contribution in [3.8, 4) is 5.75 Å². The molecule has 3 aliphatic rings.